The van der Waals surface area contributed by atoms with Crippen molar-refractivity contribution in [3.63, 3.8) is 0 Å². The second-order valence-electron chi connectivity index (χ2n) is 6.39. The maximum atomic E-state index is 11.3. The lowest BCUT2D eigenvalue weighted by Crippen LogP contribution is -2.44. The molecule has 0 amide bonds. The van der Waals surface area contributed by atoms with Crippen LogP contribution in [0.1, 0.15) is 36.7 Å². The third kappa shape index (κ3) is 3.76. The van der Waals surface area contributed by atoms with Crippen LogP contribution in [0.4, 0.5) is 0 Å². The molecule has 20 heavy (non-hydrogen) atoms. The van der Waals surface area contributed by atoms with Crippen LogP contribution in [0.5, 0.6) is 5.75 Å². The summed E-state index contributed by atoms with van der Waals surface area (Å²) < 4.78 is 6.26. The minimum Gasteiger partial charge on any atom is -0.543 e. The average molecular weight is 315 g/mol. The number of carboxylic acid groups (broad SMARTS) is 1. The highest BCUT2D eigenvalue weighted by Gasteiger charge is 2.39. The maximum absolute atomic E-state index is 11.3. The van der Waals surface area contributed by atoms with Gasteiger partial charge in [0.25, 0.3) is 0 Å². The van der Waals surface area contributed by atoms with Crippen molar-refractivity contribution < 1.29 is 14.3 Å². The second kappa shape index (κ2) is 6.18. The Bertz CT molecular complexity index is 492. The van der Waals surface area contributed by atoms with Gasteiger partial charge in [-0.05, 0) is 36.7 Å². The number of rotatable bonds is 5. The van der Waals surface area contributed by atoms with Crippen molar-refractivity contribution in [3.05, 3.63) is 29.3 Å². The fourth-order valence-electron chi connectivity index (χ4n) is 1.64. The molecule has 0 aromatic heterocycles. The number of alkyl halides is 1. The Morgan fingerprint density at radius 3 is 2.40 bits per heavy atom. The molecule has 0 bridgehead atoms. The lowest BCUT2D eigenvalue weighted by atomic mass is 10.0. The van der Waals surface area contributed by atoms with Crippen LogP contribution in [0, 0.1) is 0 Å². The fraction of sp³-hybridized carbons (Fsp3) is 0.533. The van der Waals surface area contributed by atoms with Crippen molar-refractivity contribution in [2.75, 3.05) is 5.88 Å². The minimum atomic E-state index is -2.00. The summed E-state index contributed by atoms with van der Waals surface area (Å²) in [5.74, 6) is 0.0981. The van der Waals surface area contributed by atoms with Gasteiger partial charge in [0.15, 0.2) is 0 Å². The van der Waals surface area contributed by atoms with Gasteiger partial charge in [0.1, 0.15) is 5.75 Å². The first-order valence-corrected chi connectivity index (χ1v) is 10.1. The molecule has 0 atom stereocenters. The van der Waals surface area contributed by atoms with E-state index in [-0.39, 0.29) is 10.6 Å². The van der Waals surface area contributed by atoms with Crippen LogP contribution in [0.3, 0.4) is 0 Å². The molecule has 0 saturated heterocycles. The smallest absolute Gasteiger partial charge is 0.336 e. The van der Waals surface area contributed by atoms with Crippen molar-refractivity contribution in [3.8, 4) is 5.75 Å². The molecule has 1 aromatic rings. The first kappa shape index (κ1) is 17.0. The number of hydrogen-bond donors (Lipinski definition) is 1. The van der Waals surface area contributed by atoms with Gasteiger partial charge in [-0.1, -0.05) is 26.8 Å². The van der Waals surface area contributed by atoms with E-state index < -0.39 is 14.3 Å². The van der Waals surface area contributed by atoms with Crippen LogP contribution >= 0.6 is 11.6 Å². The molecule has 1 rings (SSSR count). The Labute approximate surface area is 127 Å². The Morgan fingerprint density at radius 2 is 1.95 bits per heavy atom. The number of aromatic carboxylic acids is 1. The van der Waals surface area contributed by atoms with Crippen molar-refractivity contribution in [2.45, 2.75) is 45.3 Å². The van der Waals surface area contributed by atoms with E-state index in [1.165, 1.54) is 0 Å². The molecule has 0 spiro atoms. The summed E-state index contributed by atoms with van der Waals surface area (Å²) in [5, 5.41) is 9.35. The molecule has 5 heteroatoms. The predicted octanol–water partition coefficient (Wildman–Crippen LogP) is 4.55. The van der Waals surface area contributed by atoms with Gasteiger partial charge in [0.2, 0.25) is 8.32 Å². The van der Waals surface area contributed by atoms with Crippen molar-refractivity contribution in [1.82, 2.24) is 0 Å². The Morgan fingerprint density at radius 1 is 1.35 bits per heavy atom. The molecule has 0 aliphatic carbocycles. The largest absolute Gasteiger partial charge is 0.543 e. The lowest BCUT2D eigenvalue weighted by molar-refractivity contribution is 0.0695. The van der Waals surface area contributed by atoms with E-state index in [2.05, 4.69) is 33.9 Å². The van der Waals surface area contributed by atoms with Gasteiger partial charge in [-0.2, -0.15) is 0 Å². The van der Waals surface area contributed by atoms with E-state index in [0.717, 1.165) is 0 Å². The summed E-state index contributed by atoms with van der Waals surface area (Å²) in [6, 6.07) is 5.17. The highest BCUT2D eigenvalue weighted by Crippen LogP contribution is 2.38. The number of carbonyl (C=O) groups is 1. The molecule has 0 fully saturated rings. The molecule has 0 radical (unpaired) electrons. The molecule has 0 heterocycles. The van der Waals surface area contributed by atoms with Gasteiger partial charge < -0.3 is 9.53 Å². The molecular formula is C15H23ClO3Si. The van der Waals surface area contributed by atoms with Gasteiger partial charge in [0.05, 0.1) is 5.56 Å². The standard InChI is InChI=1S/C15H23ClO3Si/c1-15(2,3)20(4,5)19-13-8-6-7-12(14(17)18)11(13)9-10-16/h6-8H,9-10H2,1-5H3,(H,17,18). The maximum Gasteiger partial charge on any atom is 0.336 e. The van der Waals surface area contributed by atoms with Crippen LogP contribution in [-0.2, 0) is 6.42 Å². The molecule has 0 aliphatic heterocycles. The van der Waals surface area contributed by atoms with Gasteiger partial charge in [0, 0.05) is 11.4 Å². The topological polar surface area (TPSA) is 46.5 Å². The van der Waals surface area contributed by atoms with Gasteiger partial charge in [-0.15, -0.1) is 11.6 Å². The van der Waals surface area contributed by atoms with Gasteiger partial charge >= 0.3 is 5.97 Å². The zero-order valence-corrected chi connectivity index (χ0v) is 14.5. The summed E-state index contributed by atoms with van der Waals surface area (Å²) in [4.78, 5) is 11.3. The number of carboxylic acids is 1. The van der Waals surface area contributed by atoms with Crippen molar-refractivity contribution in [1.29, 1.82) is 0 Å². The van der Waals surface area contributed by atoms with Crippen LogP contribution in [-0.4, -0.2) is 25.3 Å². The SMILES string of the molecule is CC(C)(C)[Si](C)(C)Oc1cccc(C(=O)O)c1CCCl. The van der Waals surface area contributed by atoms with E-state index in [0.29, 0.717) is 23.6 Å². The van der Waals surface area contributed by atoms with Gasteiger partial charge in [-0.3, -0.25) is 0 Å². The zero-order chi connectivity index (χ0) is 15.6. The monoisotopic (exact) mass is 314 g/mol. The first-order chi connectivity index (χ1) is 9.10. The van der Waals surface area contributed by atoms with E-state index in [9.17, 15) is 9.90 Å². The van der Waals surface area contributed by atoms with E-state index >= 15 is 0 Å². The second-order valence-corrected chi connectivity index (χ2v) is 11.5. The first-order valence-electron chi connectivity index (χ1n) is 6.70. The van der Waals surface area contributed by atoms with E-state index in [4.69, 9.17) is 16.0 Å². The Hall–Kier alpha value is -1.00. The summed E-state index contributed by atoms with van der Waals surface area (Å²) >= 11 is 5.81. The Kier molecular flexibility index (Phi) is 5.27. The minimum absolute atomic E-state index is 0.0600. The average Bonchev–Trinajstić information content (AvgIpc) is 2.29. The molecule has 0 saturated carbocycles. The number of halogens is 1. The molecule has 1 aromatic carbocycles. The van der Waals surface area contributed by atoms with Crippen molar-refractivity contribution in [2.24, 2.45) is 0 Å². The Balaban J connectivity index is 3.25. The highest BCUT2D eigenvalue weighted by atomic mass is 35.5. The molecule has 112 valence electrons. The van der Waals surface area contributed by atoms with Gasteiger partial charge in [-0.25, -0.2) is 4.79 Å². The molecule has 0 aliphatic rings. The molecule has 3 nitrogen and oxygen atoms in total. The predicted molar refractivity (Wildman–Crippen MR) is 85.7 cm³/mol. The van der Waals surface area contributed by atoms with E-state index in [1.807, 2.05) is 6.07 Å². The van der Waals surface area contributed by atoms with Crippen LogP contribution in [0.2, 0.25) is 18.1 Å². The summed E-state index contributed by atoms with van der Waals surface area (Å²) in [7, 11) is -2.00. The third-order valence-electron chi connectivity index (χ3n) is 3.88. The number of hydrogen-bond acceptors (Lipinski definition) is 2. The molecule has 0 unspecified atom stereocenters. The fourth-order valence-corrected chi connectivity index (χ4v) is 2.88. The number of benzene rings is 1. The van der Waals surface area contributed by atoms with Crippen LogP contribution < -0.4 is 4.43 Å². The quantitative estimate of drug-likeness (QED) is 0.640. The summed E-state index contributed by atoms with van der Waals surface area (Å²) in [6.45, 7) is 10.8. The summed E-state index contributed by atoms with van der Waals surface area (Å²) in [6.07, 6.45) is 0.494. The molecular weight excluding hydrogens is 292 g/mol. The normalized spacial score (nSPS) is 12.3. The van der Waals surface area contributed by atoms with Crippen molar-refractivity contribution >= 4 is 25.9 Å². The van der Waals surface area contributed by atoms with E-state index in [1.54, 1.807) is 12.1 Å². The zero-order valence-electron chi connectivity index (χ0n) is 12.8. The highest BCUT2D eigenvalue weighted by molar-refractivity contribution is 6.74. The molecule has 1 N–H and O–H groups in total. The van der Waals surface area contributed by atoms with Crippen LogP contribution in [0.15, 0.2) is 18.2 Å². The summed E-state index contributed by atoms with van der Waals surface area (Å²) in [5.41, 5.74) is 0.974. The third-order valence-corrected chi connectivity index (χ3v) is 8.41. The van der Waals surface area contributed by atoms with Crippen LogP contribution in [0.25, 0.3) is 0 Å². The lowest BCUT2D eigenvalue weighted by Gasteiger charge is -2.37.